The lowest BCUT2D eigenvalue weighted by Crippen LogP contribution is -2.16. The number of rotatable bonds is 3. The summed E-state index contributed by atoms with van der Waals surface area (Å²) in [5.41, 5.74) is 4.38. The normalized spacial score (nSPS) is 10.4. The number of hydrogen-bond donors (Lipinski definition) is 0. The number of hydrogen-bond acceptors (Lipinski definition) is 1. The van der Waals surface area contributed by atoms with Crippen LogP contribution in [0.5, 0.6) is 5.75 Å². The molecule has 0 unspecified atom stereocenters. The molecule has 0 saturated carbocycles. The smallest absolute Gasteiger partial charge is 0.135 e. The Morgan fingerprint density at radius 1 is 0.957 bits per heavy atom. The highest BCUT2D eigenvalue weighted by Gasteiger charge is 2.07. The molecule has 0 fully saturated rings. The topological polar surface area (TPSA) is 9.23 Å². The molecule has 2 aromatic rings. The third-order valence-electron chi connectivity index (χ3n) is 3.39. The molecule has 0 radical (unpaired) electrons. The molecule has 118 valence electrons. The summed E-state index contributed by atoms with van der Waals surface area (Å²) in [6, 6.07) is 12.4. The van der Waals surface area contributed by atoms with E-state index in [1.54, 1.807) is 7.11 Å². The number of benzene rings is 2. The lowest BCUT2D eigenvalue weighted by molar-refractivity contribution is 0.414. The van der Waals surface area contributed by atoms with E-state index in [0.29, 0.717) is 0 Å². The van der Waals surface area contributed by atoms with Crippen LogP contribution >= 0.6 is 0 Å². The van der Waals surface area contributed by atoms with Crippen molar-refractivity contribution in [2.24, 2.45) is 0 Å². The molecule has 0 spiro atoms. The van der Waals surface area contributed by atoms with Crippen molar-refractivity contribution < 1.29 is 4.74 Å². The third kappa shape index (κ3) is 5.20. The highest BCUT2D eigenvalue weighted by molar-refractivity contribution is 6.83. The molecule has 2 heteroatoms. The van der Waals surface area contributed by atoms with Crippen LogP contribution in [-0.2, 0) is 0 Å². The minimum Gasteiger partial charge on any atom is -0.495 e. The molecule has 0 aliphatic rings. The van der Waals surface area contributed by atoms with E-state index < -0.39 is 8.07 Å². The molecule has 0 atom stereocenters. The van der Waals surface area contributed by atoms with Crippen LogP contribution < -0.4 is 4.74 Å². The molecule has 0 bridgehead atoms. The highest BCUT2D eigenvalue weighted by Crippen LogP contribution is 2.26. The van der Waals surface area contributed by atoms with E-state index in [1.165, 1.54) is 5.39 Å². The zero-order valence-corrected chi connectivity index (χ0v) is 15.5. The van der Waals surface area contributed by atoms with E-state index in [4.69, 9.17) is 4.74 Å². The Morgan fingerprint density at radius 3 is 2.43 bits per heavy atom. The number of methoxy groups -OCH3 is 1. The van der Waals surface area contributed by atoms with E-state index in [1.807, 2.05) is 18.2 Å². The highest BCUT2D eigenvalue weighted by atomic mass is 28.3. The van der Waals surface area contributed by atoms with Gasteiger partial charge in [0.1, 0.15) is 13.8 Å². The number of unbranched alkanes of at least 4 members (excludes halogenated alkanes) is 2. The molecule has 2 rings (SSSR count). The summed E-state index contributed by atoms with van der Waals surface area (Å²) >= 11 is 0. The van der Waals surface area contributed by atoms with Gasteiger partial charge in [0.05, 0.1) is 12.7 Å². The Hall–Kier alpha value is -2.16. The molecule has 0 aliphatic carbocycles. The van der Waals surface area contributed by atoms with Crippen LogP contribution in [0.25, 0.3) is 10.8 Å². The van der Waals surface area contributed by atoms with Gasteiger partial charge in [0.15, 0.2) is 0 Å². The molecular weight excluding hydrogens is 296 g/mol. The minimum absolute atomic E-state index is 0.842. The molecular formula is C21H24OSi. The van der Waals surface area contributed by atoms with Gasteiger partial charge in [0, 0.05) is 18.2 Å². The summed E-state index contributed by atoms with van der Waals surface area (Å²) in [5.74, 6) is 10.7. The van der Waals surface area contributed by atoms with Crippen molar-refractivity contribution in [2.45, 2.75) is 38.9 Å². The van der Waals surface area contributed by atoms with Crippen LogP contribution in [0.3, 0.4) is 0 Å². The lowest BCUT2D eigenvalue weighted by Gasteiger charge is -2.06. The molecule has 0 N–H and O–H groups in total. The van der Waals surface area contributed by atoms with Gasteiger partial charge in [-0.25, -0.2) is 0 Å². The molecule has 0 aliphatic heterocycles. The second kappa shape index (κ2) is 7.91. The van der Waals surface area contributed by atoms with E-state index in [2.05, 4.69) is 61.1 Å². The fourth-order valence-electron chi connectivity index (χ4n) is 2.29. The lowest BCUT2D eigenvalue weighted by atomic mass is 10.0. The Kier molecular flexibility index (Phi) is 5.91. The first-order valence-corrected chi connectivity index (χ1v) is 11.6. The van der Waals surface area contributed by atoms with Crippen molar-refractivity contribution in [1.82, 2.24) is 0 Å². The predicted octanol–water partition coefficient (Wildman–Crippen LogP) is 5.25. The van der Waals surface area contributed by atoms with Crippen LogP contribution in [-0.4, -0.2) is 15.2 Å². The minimum atomic E-state index is -1.23. The van der Waals surface area contributed by atoms with Crippen LogP contribution in [0, 0.1) is 23.3 Å². The van der Waals surface area contributed by atoms with Gasteiger partial charge >= 0.3 is 0 Å². The molecule has 0 aromatic heterocycles. The first kappa shape index (κ1) is 17.2. The van der Waals surface area contributed by atoms with Gasteiger partial charge in [0.25, 0.3) is 0 Å². The number of ether oxygens (including phenoxy) is 1. The van der Waals surface area contributed by atoms with Crippen molar-refractivity contribution >= 4 is 18.8 Å². The zero-order chi connectivity index (χ0) is 16.7. The second-order valence-electron chi connectivity index (χ2n) is 6.57. The summed E-state index contributed by atoms with van der Waals surface area (Å²) < 4.78 is 5.47. The van der Waals surface area contributed by atoms with Crippen LogP contribution in [0.15, 0.2) is 36.4 Å². The summed E-state index contributed by atoms with van der Waals surface area (Å²) in [7, 11) is 0.461. The quantitative estimate of drug-likeness (QED) is 0.426. The molecule has 2 aromatic carbocycles. The first-order chi connectivity index (χ1) is 11.0. The molecule has 1 nitrogen and oxygen atoms in total. The van der Waals surface area contributed by atoms with E-state index in [0.717, 1.165) is 36.0 Å². The maximum Gasteiger partial charge on any atom is 0.135 e. The predicted molar refractivity (Wildman–Crippen MR) is 102 cm³/mol. The Labute approximate surface area is 141 Å². The first-order valence-electron chi connectivity index (χ1n) is 8.06. The Morgan fingerprint density at radius 2 is 1.70 bits per heavy atom. The Balaban J connectivity index is 2.08. The zero-order valence-electron chi connectivity index (χ0n) is 14.5. The summed E-state index contributed by atoms with van der Waals surface area (Å²) in [4.78, 5) is 0. The summed E-state index contributed by atoms with van der Waals surface area (Å²) in [6.07, 6.45) is 2.83. The van der Waals surface area contributed by atoms with Crippen molar-refractivity contribution in [3.8, 4) is 29.1 Å². The van der Waals surface area contributed by atoms with Crippen molar-refractivity contribution in [2.75, 3.05) is 7.11 Å². The van der Waals surface area contributed by atoms with Gasteiger partial charge in [0.2, 0.25) is 0 Å². The molecule has 0 amide bonds. The fourth-order valence-corrected chi connectivity index (χ4v) is 2.95. The monoisotopic (exact) mass is 320 g/mol. The van der Waals surface area contributed by atoms with Crippen LogP contribution in [0.2, 0.25) is 19.6 Å². The van der Waals surface area contributed by atoms with E-state index in [9.17, 15) is 0 Å². The average molecular weight is 321 g/mol. The van der Waals surface area contributed by atoms with Gasteiger partial charge in [-0.05, 0) is 17.9 Å². The van der Waals surface area contributed by atoms with Gasteiger partial charge in [-0.15, -0.1) is 11.5 Å². The summed E-state index contributed by atoms with van der Waals surface area (Å²) in [6.45, 7) is 6.81. The van der Waals surface area contributed by atoms with E-state index >= 15 is 0 Å². The maximum absolute atomic E-state index is 5.47. The Bertz CT molecular complexity index is 792. The van der Waals surface area contributed by atoms with Gasteiger partial charge < -0.3 is 4.74 Å². The van der Waals surface area contributed by atoms with Gasteiger partial charge in [-0.3, -0.25) is 0 Å². The summed E-state index contributed by atoms with van der Waals surface area (Å²) in [5, 5.41) is 2.34. The molecule has 0 heterocycles. The van der Waals surface area contributed by atoms with Crippen molar-refractivity contribution in [1.29, 1.82) is 0 Å². The number of fused-ring (bicyclic) bond motifs is 1. The molecule has 0 saturated heterocycles. The third-order valence-corrected chi connectivity index (χ3v) is 4.32. The largest absolute Gasteiger partial charge is 0.495 e. The fraction of sp³-hybridized carbons (Fsp3) is 0.333. The van der Waals surface area contributed by atoms with Crippen molar-refractivity contribution in [3.63, 3.8) is 0 Å². The average Bonchev–Trinajstić information content (AvgIpc) is 2.52. The van der Waals surface area contributed by atoms with Gasteiger partial charge in [-0.2, -0.15) is 0 Å². The van der Waals surface area contributed by atoms with Crippen LogP contribution in [0.1, 0.15) is 24.8 Å². The second-order valence-corrected chi connectivity index (χ2v) is 11.3. The molecule has 23 heavy (non-hydrogen) atoms. The van der Waals surface area contributed by atoms with Crippen LogP contribution in [0.4, 0.5) is 0 Å². The maximum atomic E-state index is 5.47. The SMILES string of the molecule is COc1ccc2ccccc2c1C#CCCCC#C[Si](C)(C)C. The van der Waals surface area contributed by atoms with E-state index in [-0.39, 0.29) is 0 Å². The van der Waals surface area contributed by atoms with Gasteiger partial charge in [-0.1, -0.05) is 61.8 Å². The van der Waals surface area contributed by atoms with Crippen molar-refractivity contribution in [3.05, 3.63) is 42.0 Å². The standard InChI is InChI=1S/C21H24OSi/c1-22-21-16-15-18-12-9-10-13-19(18)20(21)14-8-6-5-7-11-17-23(2,3)4/h9-10,12-13,15-16H,5-7H2,1-4H3.